The maximum atomic E-state index is 12.5. The van der Waals surface area contributed by atoms with Crippen LogP contribution < -0.4 is 11.6 Å². The molecule has 0 saturated heterocycles. The summed E-state index contributed by atoms with van der Waals surface area (Å²) in [5.41, 5.74) is 8.03. The van der Waals surface area contributed by atoms with Gasteiger partial charge in [-0.3, -0.25) is 0 Å². The molecule has 0 aliphatic rings. The minimum absolute atomic E-state index is 0.0493. The molecule has 130 valence electrons. The molecule has 0 saturated carbocycles. The molecule has 9 heteroatoms. The van der Waals surface area contributed by atoms with Gasteiger partial charge in [-0.05, 0) is 29.1 Å². The van der Waals surface area contributed by atoms with Crippen LogP contribution in [0.1, 0.15) is 22.8 Å². The minimum Gasteiger partial charge on any atom is -0.415 e. The van der Waals surface area contributed by atoms with Gasteiger partial charge in [0.05, 0.1) is 17.1 Å². The van der Waals surface area contributed by atoms with E-state index in [0.717, 1.165) is 10.4 Å². The molecule has 0 bridgehead atoms. The van der Waals surface area contributed by atoms with Crippen LogP contribution in [0.4, 0.5) is 8.78 Å². The Morgan fingerprint density at radius 1 is 1.24 bits per heavy atom. The number of halogens is 2. The second-order valence-corrected chi connectivity index (χ2v) is 6.12. The highest BCUT2D eigenvalue weighted by Crippen LogP contribution is 2.23. The van der Waals surface area contributed by atoms with Crippen molar-refractivity contribution in [2.75, 3.05) is 0 Å². The highest BCUT2D eigenvalue weighted by atomic mass is 32.1. The summed E-state index contributed by atoms with van der Waals surface area (Å²) in [6.07, 6.45) is -1.13. The Bertz CT molecular complexity index is 846. The average Bonchev–Trinajstić information content (AvgIpc) is 3.27. The zero-order valence-electron chi connectivity index (χ0n) is 13.0. The van der Waals surface area contributed by atoms with Gasteiger partial charge < -0.3 is 15.2 Å². The minimum atomic E-state index is -2.79. The summed E-state index contributed by atoms with van der Waals surface area (Å²) in [4.78, 5) is 0.942. The fraction of sp³-hybridized carbons (Fsp3) is 0.125. The first-order chi connectivity index (χ1) is 12.0. The third kappa shape index (κ3) is 4.20. The molecular weight excluding hydrogens is 348 g/mol. The molecule has 0 aliphatic heterocycles. The summed E-state index contributed by atoms with van der Waals surface area (Å²) in [5, 5.41) is 10.3. The first kappa shape index (κ1) is 17.1. The lowest BCUT2D eigenvalue weighted by atomic mass is 10.1. The van der Waals surface area contributed by atoms with Crippen molar-refractivity contribution in [1.29, 1.82) is 0 Å². The van der Waals surface area contributed by atoms with Gasteiger partial charge in [-0.1, -0.05) is 18.2 Å². The van der Waals surface area contributed by atoms with Crippen molar-refractivity contribution in [3.05, 3.63) is 64.3 Å². The summed E-state index contributed by atoms with van der Waals surface area (Å²) >= 11 is 1.53. The van der Waals surface area contributed by atoms with E-state index in [4.69, 9.17) is 16.0 Å². The highest BCUT2D eigenvalue weighted by molar-refractivity contribution is 7.11. The van der Waals surface area contributed by atoms with Gasteiger partial charge in [-0.2, -0.15) is 8.78 Å². The number of aromatic nitrogens is 2. The smallest absolute Gasteiger partial charge is 0.314 e. The molecule has 25 heavy (non-hydrogen) atoms. The van der Waals surface area contributed by atoms with Gasteiger partial charge in [0.15, 0.2) is 0 Å². The largest absolute Gasteiger partial charge is 0.415 e. The summed E-state index contributed by atoms with van der Waals surface area (Å²) in [7, 11) is 0. The van der Waals surface area contributed by atoms with Crippen LogP contribution in [0.25, 0.3) is 17.2 Å². The number of hydrazine groups is 1. The van der Waals surface area contributed by atoms with Crippen LogP contribution in [0.3, 0.4) is 0 Å². The van der Waals surface area contributed by atoms with E-state index in [1.165, 1.54) is 16.3 Å². The van der Waals surface area contributed by atoms with Crippen molar-refractivity contribution in [3.63, 3.8) is 0 Å². The Hall–Kier alpha value is -2.78. The predicted octanol–water partition coefficient (Wildman–Crippen LogP) is 3.37. The van der Waals surface area contributed by atoms with Crippen LogP contribution in [0.15, 0.2) is 52.4 Å². The standard InChI is InChI=1S/C16H15F2N5OS/c17-14(18)16-22-21-15(24-16)11-5-3-10(4-6-11)8-23(20)9-12(19)13-2-1-7-25-13/h1-7,9,14H,8,19-20H2/b12-9-. The molecule has 4 N–H and O–H groups in total. The van der Waals surface area contributed by atoms with Crippen LogP contribution >= 0.6 is 11.3 Å². The van der Waals surface area contributed by atoms with Gasteiger partial charge in [-0.15, -0.1) is 21.5 Å². The molecule has 0 atom stereocenters. The third-order valence-corrected chi connectivity index (χ3v) is 4.22. The quantitative estimate of drug-likeness (QED) is 0.515. The number of benzene rings is 1. The SMILES string of the molecule is N/C(=C\N(N)Cc1ccc(-c2nnc(C(F)F)o2)cc1)c1cccs1. The van der Waals surface area contributed by atoms with Gasteiger partial charge in [0.1, 0.15) is 0 Å². The van der Waals surface area contributed by atoms with E-state index in [1.807, 2.05) is 17.5 Å². The fourth-order valence-corrected chi connectivity index (χ4v) is 2.78. The van der Waals surface area contributed by atoms with Gasteiger partial charge in [0.2, 0.25) is 5.89 Å². The molecule has 3 rings (SSSR count). The van der Waals surface area contributed by atoms with Crippen molar-refractivity contribution in [3.8, 4) is 11.5 Å². The summed E-state index contributed by atoms with van der Waals surface area (Å²) in [6.45, 7) is 0.429. The summed E-state index contributed by atoms with van der Waals surface area (Å²) < 4.78 is 29.9. The zero-order chi connectivity index (χ0) is 17.8. The molecule has 0 unspecified atom stereocenters. The molecule has 6 nitrogen and oxygen atoms in total. The maximum absolute atomic E-state index is 12.5. The van der Waals surface area contributed by atoms with E-state index in [2.05, 4.69) is 10.2 Å². The van der Waals surface area contributed by atoms with Crippen LogP contribution in [0.2, 0.25) is 0 Å². The second-order valence-electron chi connectivity index (χ2n) is 5.18. The van der Waals surface area contributed by atoms with Crippen LogP contribution in [0, 0.1) is 0 Å². The van der Waals surface area contributed by atoms with E-state index in [0.29, 0.717) is 17.8 Å². The van der Waals surface area contributed by atoms with E-state index in [-0.39, 0.29) is 5.89 Å². The van der Waals surface area contributed by atoms with Crippen molar-refractivity contribution in [2.45, 2.75) is 13.0 Å². The highest BCUT2D eigenvalue weighted by Gasteiger charge is 2.16. The lowest BCUT2D eigenvalue weighted by molar-refractivity contribution is 0.116. The monoisotopic (exact) mass is 363 g/mol. The summed E-state index contributed by atoms with van der Waals surface area (Å²) in [5.74, 6) is 5.31. The lowest BCUT2D eigenvalue weighted by Gasteiger charge is -2.15. The fourth-order valence-electron chi connectivity index (χ4n) is 2.13. The number of rotatable bonds is 6. The Kier molecular flexibility index (Phi) is 5.05. The Labute approximate surface area is 146 Å². The van der Waals surface area contributed by atoms with Crippen molar-refractivity contribution < 1.29 is 13.2 Å². The molecule has 0 radical (unpaired) electrons. The Morgan fingerprint density at radius 3 is 2.60 bits per heavy atom. The maximum Gasteiger partial charge on any atom is 0.314 e. The first-order valence-electron chi connectivity index (χ1n) is 7.26. The Morgan fingerprint density at radius 2 is 2.00 bits per heavy atom. The molecule has 1 aromatic carbocycles. The number of nitrogens with zero attached hydrogens (tertiary/aromatic N) is 3. The molecule has 0 spiro atoms. The van der Waals surface area contributed by atoms with Crippen molar-refractivity contribution >= 4 is 17.0 Å². The predicted molar refractivity (Wildman–Crippen MR) is 90.9 cm³/mol. The summed E-state index contributed by atoms with van der Waals surface area (Å²) in [6, 6.07) is 10.8. The molecule has 0 amide bonds. The Balaban J connectivity index is 1.67. The molecular formula is C16H15F2N5OS. The number of alkyl halides is 2. The van der Waals surface area contributed by atoms with E-state index in [1.54, 1.807) is 30.5 Å². The lowest BCUT2D eigenvalue weighted by Crippen LogP contribution is -2.25. The van der Waals surface area contributed by atoms with Crippen LogP contribution in [-0.2, 0) is 6.54 Å². The number of hydrogen-bond donors (Lipinski definition) is 2. The van der Waals surface area contributed by atoms with Gasteiger partial charge in [-0.25, -0.2) is 5.84 Å². The molecule has 2 heterocycles. The van der Waals surface area contributed by atoms with E-state index < -0.39 is 12.3 Å². The zero-order valence-corrected chi connectivity index (χ0v) is 13.8. The van der Waals surface area contributed by atoms with Crippen molar-refractivity contribution in [1.82, 2.24) is 15.2 Å². The number of hydrogen-bond acceptors (Lipinski definition) is 7. The van der Waals surface area contributed by atoms with Crippen molar-refractivity contribution in [2.24, 2.45) is 11.6 Å². The van der Waals surface area contributed by atoms with Crippen LogP contribution in [0.5, 0.6) is 0 Å². The molecule has 2 aromatic heterocycles. The number of nitrogens with two attached hydrogens (primary N) is 2. The molecule has 0 fully saturated rings. The molecule has 3 aromatic rings. The van der Waals surface area contributed by atoms with Crippen LogP contribution in [-0.4, -0.2) is 15.2 Å². The third-order valence-electron chi connectivity index (χ3n) is 3.30. The van der Waals surface area contributed by atoms with Gasteiger partial charge in [0.25, 0.3) is 5.89 Å². The second kappa shape index (κ2) is 7.41. The van der Waals surface area contributed by atoms with E-state index >= 15 is 0 Å². The normalized spacial score (nSPS) is 11.9. The average molecular weight is 363 g/mol. The van der Waals surface area contributed by atoms with E-state index in [9.17, 15) is 8.78 Å². The first-order valence-corrected chi connectivity index (χ1v) is 8.14. The topological polar surface area (TPSA) is 94.2 Å². The van der Waals surface area contributed by atoms with Gasteiger partial charge >= 0.3 is 6.43 Å². The number of thiophene rings is 1. The van der Waals surface area contributed by atoms with Gasteiger partial charge in [0, 0.05) is 11.8 Å². The molecule has 0 aliphatic carbocycles.